The number of benzene rings is 1. The highest BCUT2D eigenvalue weighted by molar-refractivity contribution is 5.92. The van der Waals surface area contributed by atoms with Crippen LogP contribution in [0.3, 0.4) is 0 Å². The van der Waals surface area contributed by atoms with Gasteiger partial charge in [-0.15, -0.1) is 0 Å². The minimum Gasteiger partial charge on any atom is -0.478 e. The molecule has 1 heterocycles. The zero-order valence-electron chi connectivity index (χ0n) is 10.7. The molecule has 0 saturated carbocycles. The quantitative estimate of drug-likeness (QED) is 0.869. The van der Waals surface area contributed by atoms with Gasteiger partial charge in [-0.25, -0.2) is 4.79 Å². The molecular weight excluding hydrogens is 232 g/mol. The molecule has 2 N–H and O–H groups in total. The highest BCUT2D eigenvalue weighted by atomic mass is 16.4. The highest BCUT2D eigenvalue weighted by Crippen LogP contribution is 2.23. The summed E-state index contributed by atoms with van der Waals surface area (Å²) in [6.07, 6.45) is 0.923. The molecule has 0 saturated heterocycles. The third-order valence-electron chi connectivity index (χ3n) is 2.96. The van der Waals surface area contributed by atoms with E-state index in [9.17, 15) is 4.79 Å². The van der Waals surface area contributed by atoms with Crippen molar-refractivity contribution in [2.45, 2.75) is 32.7 Å². The van der Waals surface area contributed by atoms with Crippen molar-refractivity contribution >= 4 is 23.1 Å². The molecule has 0 spiro atoms. The third-order valence-corrected chi connectivity index (χ3v) is 2.96. The number of aromatic carboxylic acids is 1. The van der Waals surface area contributed by atoms with Gasteiger partial charge in [0, 0.05) is 5.54 Å². The largest absolute Gasteiger partial charge is 0.478 e. The van der Waals surface area contributed by atoms with Crippen LogP contribution in [0.5, 0.6) is 0 Å². The predicted octanol–water partition coefficient (Wildman–Crippen LogP) is 3.13. The fourth-order valence-electron chi connectivity index (χ4n) is 1.49. The number of nitrogens with one attached hydrogen (secondary N) is 1. The number of aromatic nitrogens is 1. The van der Waals surface area contributed by atoms with Gasteiger partial charge in [0.2, 0.25) is 0 Å². The SMILES string of the molecule is CCC(C)(C)Nc1nc2ccc(C(=O)O)cc2o1. The van der Waals surface area contributed by atoms with Crippen LogP contribution in [0.25, 0.3) is 11.1 Å². The normalized spacial score (nSPS) is 11.7. The minimum atomic E-state index is -0.975. The molecule has 0 fully saturated rings. The van der Waals surface area contributed by atoms with Gasteiger partial charge >= 0.3 is 5.97 Å². The summed E-state index contributed by atoms with van der Waals surface area (Å²) in [5.74, 6) is -0.975. The van der Waals surface area contributed by atoms with Crippen molar-refractivity contribution in [3.05, 3.63) is 23.8 Å². The van der Waals surface area contributed by atoms with E-state index in [4.69, 9.17) is 9.52 Å². The Morgan fingerprint density at radius 1 is 1.50 bits per heavy atom. The van der Waals surface area contributed by atoms with Crippen LogP contribution in [0, 0.1) is 0 Å². The van der Waals surface area contributed by atoms with E-state index >= 15 is 0 Å². The van der Waals surface area contributed by atoms with Crippen LogP contribution in [0.2, 0.25) is 0 Å². The Hall–Kier alpha value is -2.04. The van der Waals surface area contributed by atoms with Crippen molar-refractivity contribution in [3.8, 4) is 0 Å². The molecular formula is C13H16N2O3. The van der Waals surface area contributed by atoms with Crippen molar-refractivity contribution < 1.29 is 14.3 Å². The topological polar surface area (TPSA) is 75.4 Å². The second-order valence-electron chi connectivity index (χ2n) is 4.87. The summed E-state index contributed by atoms with van der Waals surface area (Å²) in [7, 11) is 0. The lowest BCUT2D eigenvalue weighted by molar-refractivity contribution is 0.0697. The maximum absolute atomic E-state index is 10.8. The van der Waals surface area contributed by atoms with Crippen LogP contribution in [0.1, 0.15) is 37.6 Å². The van der Waals surface area contributed by atoms with Crippen LogP contribution in [0.4, 0.5) is 6.01 Å². The number of hydrogen-bond donors (Lipinski definition) is 2. The zero-order valence-corrected chi connectivity index (χ0v) is 10.7. The second-order valence-corrected chi connectivity index (χ2v) is 4.87. The average molecular weight is 248 g/mol. The van der Waals surface area contributed by atoms with Gasteiger partial charge in [-0.1, -0.05) is 6.92 Å². The van der Waals surface area contributed by atoms with E-state index in [1.165, 1.54) is 12.1 Å². The van der Waals surface area contributed by atoms with Gasteiger partial charge in [-0.3, -0.25) is 0 Å². The summed E-state index contributed by atoms with van der Waals surface area (Å²) in [4.78, 5) is 15.1. The summed E-state index contributed by atoms with van der Waals surface area (Å²) < 4.78 is 5.51. The molecule has 0 atom stereocenters. The molecule has 96 valence electrons. The number of carbonyl (C=O) groups is 1. The average Bonchev–Trinajstić information content (AvgIpc) is 2.68. The van der Waals surface area contributed by atoms with Gasteiger partial charge in [0.05, 0.1) is 5.56 Å². The number of nitrogens with zero attached hydrogens (tertiary/aromatic N) is 1. The molecule has 0 unspecified atom stereocenters. The zero-order chi connectivity index (χ0) is 13.3. The van der Waals surface area contributed by atoms with E-state index in [0.29, 0.717) is 17.1 Å². The first-order valence-corrected chi connectivity index (χ1v) is 5.83. The maximum atomic E-state index is 10.8. The molecule has 0 aliphatic carbocycles. The van der Waals surface area contributed by atoms with Crippen LogP contribution in [0.15, 0.2) is 22.6 Å². The van der Waals surface area contributed by atoms with E-state index in [1.54, 1.807) is 6.07 Å². The number of carboxylic acid groups (broad SMARTS) is 1. The van der Waals surface area contributed by atoms with Crippen molar-refractivity contribution in [2.75, 3.05) is 5.32 Å². The number of carboxylic acids is 1. The van der Waals surface area contributed by atoms with E-state index in [0.717, 1.165) is 6.42 Å². The molecule has 2 rings (SSSR count). The summed E-state index contributed by atoms with van der Waals surface area (Å²) in [5, 5.41) is 12.1. The van der Waals surface area contributed by atoms with Crippen LogP contribution >= 0.6 is 0 Å². The number of oxazole rings is 1. The first-order valence-electron chi connectivity index (χ1n) is 5.83. The molecule has 5 nitrogen and oxygen atoms in total. The number of fused-ring (bicyclic) bond motifs is 1. The van der Waals surface area contributed by atoms with Crippen LogP contribution < -0.4 is 5.32 Å². The molecule has 2 aromatic rings. The summed E-state index contributed by atoms with van der Waals surface area (Å²) >= 11 is 0. The third kappa shape index (κ3) is 2.45. The predicted molar refractivity (Wildman–Crippen MR) is 69.0 cm³/mol. The number of anilines is 1. The number of rotatable bonds is 4. The van der Waals surface area contributed by atoms with Crippen molar-refractivity contribution in [1.29, 1.82) is 0 Å². The van der Waals surface area contributed by atoms with Gasteiger partial charge in [0.1, 0.15) is 5.52 Å². The molecule has 1 aromatic heterocycles. The Morgan fingerprint density at radius 3 is 2.83 bits per heavy atom. The molecule has 0 aliphatic rings. The fourth-order valence-corrected chi connectivity index (χ4v) is 1.49. The lowest BCUT2D eigenvalue weighted by Crippen LogP contribution is -2.29. The molecule has 0 radical (unpaired) electrons. The molecule has 18 heavy (non-hydrogen) atoms. The fraction of sp³-hybridized carbons (Fsp3) is 0.385. The van der Waals surface area contributed by atoms with Gasteiger partial charge in [-0.05, 0) is 38.5 Å². The van der Waals surface area contributed by atoms with Gasteiger partial charge < -0.3 is 14.8 Å². The first-order chi connectivity index (χ1) is 8.41. The molecule has 0 bridgehead atoms. The lowest BCUT2D eigenvalue weighted by atomic mass is 10.0. The van der Waals surface area contributed by atoms with E-state index in [2.05, 4.69) is 17.2 Å². The Morgan fingerprint density at radius 2 is 2.22 bits per heavy atom. The smallest absolute Gasteiger partial charge is 0.335 e. The molecule has 5 heteroatoms. The Kier molecular flexibility index (Phi) is 2.98. The second kappa shape index (κ2) is 4.33. The Balaban J connectivity index is 2.35. The minimum absolute atomic E-state index is 0.115. The van der Waals surface area contributed by atoms with E-state index in [-0.39, 0.29) is 11.1 Å². The van der Waals surface area contributed by atoms with Crippen molar-refractivity contribution in [2.24, 2.45) is 0 Å². The van der Waals surface area contributed by atoms with Crippen molar-refractivity contribution in [1.82, 2.24) is 4.98 Å². The molecule has 0 aliphatic heterocycles. The first kappa shape index (κ1) is 12.4. The highest BCUT2D eigenvalue weighted by Gasteiger charge is 2.18. The van der Waals surface area contributed by atoms with Crippen molar-refractivity contribution in [3.63, 3.8) is 0 Å². The number of hydrogen-bond acceptors (Lipinski definition) is 4. The van der Waals surface area contributed by atoms with E-state index in [1.807, 2.05) is 13.8 Å². The van der Waals surface area contributed by atoms with Gasteiger partial charge in [0.25, 0.3) is 6.01 Å². The summed E-state index contributed by atoms with van der Waals surface area (Å²) in [5.41, 5.74) is 1.20. The maximum Gasteiger partial charge on any atom is 0.335 e. The van der Waals surface area contributed by atoms with Gasteiger partial charge in [-0.2, -0.15) is 4.98 Å². The Labute approximate surface area is 105 Å². The summed E-state index contributed by atoms with van der Waals surface area (Å²) in [6, 6.07) is 5.06. The van der Waals surface area contributed by atoms with Crippen LogP contribution in [-0.4, -0.2) is 21.6 Å². The lowest BCUT2D eigenvalue weighted by Gasteiger charge is -2.22. The standard InChI is InChI=1S/C13H16N2O3/c1-4-13(2,3)15-12-14-9-6-5-8(11(16)17)7-10(9)18-12/h5-7H,4H2,1-3H3,(H,14,15)(H,16,17). The Bertz CT molecular complexity index is 587. The summed E-state index contributed by atoms with van der Waals surface area (Å²) in [6.45, 7) is 6.16. The van der Waals surface area contributed by atoms with E-state index < -0.39 is 5.97 Å². The van der Waals surface area contributed by atoms with Gasteiger partial charge in [0.15, 0.2) is 5.58 Å². The molecule has 1 aromatic carbocycles. The molecule has 0 amide bonds. The monoisotopic (exact) mass is 248 g/mol. The van der Waals surface area contributed by atoms with Crippen LogP contribution in [-0.2, 0) is 0 Å².